The Bertz CT molecular complexity index is 576. The van der Waals surface area contributed by atoms with Crippen LogP contribution in [0.25, 0.3) is 0 Å². The van der Waals surface area contributed by atoms with Crippen molar-refractivity contribution in [2.45, 2.75) is 41.5 Å². The van der Waals surface area contributed by atoms with Gasteiger partial charge < -0.3 is 4.42 Å². The van der Waals surface area contributed by atoms with Crippen LogP contribution in [0.2, 0.25) is 0 Å². The molecular weight excluding hydrogens is 292 g/mol. The lowest BCUT2D eigenvalue weighted by atomic mass is 10.2. The second-order valence-electron chi connectivity index (χ2n) is 5.17. The predicted octanol–water partition coefficient (Wildman–Crippen LogP) is 5.35. The normalized spacial score (nSPS) is 9.36. The fraction of sp³-hybridized carbons (Fsp3) is 0.333. The van der Waals surface area contributed by atoms with Gasteiger partial charge in [0.15, 0.2) is 5.89 Å². The zero-order chi connectivity index (χ0) is 16.5. The van der Waals surface area contributed by atoms with Gasteiger partial charge in [0.25, 0.3) is 0 Å². The van der Waals surface area contributed by atoms with Gasteiger partial charge in [-0.15, -0.1) is 11.3 Å². The first-order valence-corrected chi connectivity index (χ1v) is 8.05. The average molecular weight is 316 g/mol. The summed E-state index contributed by atoms with van der Waals surface area (Å²) in [4.78, 5) is 8.07. The van der Waals surface area contributed by atoms with Crippen LogP contribution in [0.15, 0.2) is 40.3 Å². The molecule has 0 bridgehead atoms. The highest BCUT2D eigenvalue weighted by Crippen LogP contribution is 2.04. The van der Waals surface area contributed by atoms with E-state index >= 15 is 0 Å². The molecule has 0 unspecified atom stereocenters. The first-order chi connectivity index (χ1) is 10.4. The van der Waals surface area contributed by atoms with Crippen LogP contribution < -0.4 is 0 Å². The smallest absolute Gasteiger partial charge is 0.191 e. The molecule has 3 nitrogen and oxygen atoms in total. The highest BCUT2D eigenvalue weighted by molar-refractivity contribution is 7.09. The highest BCUT2D eigenvalue weighted by Gasteiger charge is 1.87. The van der Waals surface area contributed by atoms with Crippen molar-refractivity contribution >= 4 is 11.3 Å². The van der Waals surface area contributed by atoms with E-state index in [1.54, 1.807) is 17.6 Å². The molecule has 3 aromatic rings. The Morgan fingerprint density at radius 3 is 1.50 bits per heavy atom. The predicted molar refractivity (Wildman–Crippen MR) is 93.5 cm³/mol. The lowest BCUT2D eigenvalue weighted by molar-refractivity contribution is 0.521. The second-order valence-corrected chi connectivity index (χ2v) is 6.23. The third-order valence-electron chi connectivity index (χ3n) is 2.69. The Labute approximate surface area is 137 Å². The molecule has 4 heteroatoms. The van der Waals surface area contributed by atoms with Crippen molar-refractivity contribution in [1.29, 1.82) is 0 Å². The molecule has 0 amide bonds. The van der Waals surface area contributed by atoms with Crippen molar-refractivity contribution in [2.24, 2.45) is 0 Å². The molecule has 2 aromatic heterocycles. The van der Waals surface area contributed by atoms with Gasteiger partial charge in [0.2, 0.25) is 0 Å². The van der Waals surface area contributed by atoms with Crippen LogP contribution in [0.5, 0.6) is 0 Å². The first kappa shape index (κ1) is 18.1. The van der Waals surface area contributed by atoms with Gasteiger partial charge in [-0.2, -0.15) is 0 Å². The zero-order valence-corrected chi connectivity index (χ0v) is 15.0. The summed E-state index contributed by atoms with van der Waals surface area (Å²) in [6, 6.07) is 8.48. The quantitative estimate of drug-likeness (QED) is 0.561. The van der Waals surface area contributed by atoms with E-state index < -0.39 is 0 Å². The van der Waals surface area contributed by atoms with Crippen molar-refractivity contribution < 1.29 is 4.42 Å². The molecule has 0 fully saturated rings. The Kier molecular flexibility index (Phi) is 7.54. The summed E-state index contributed by atoms with van der Waals surface area (Å²) >= 11 is 1.69. The van der Waals surface area contributed by atoms with Gasteiger partial charge in [-0.1, -0.05) is 35.4 Å². The van der Waals surface area contributed by atoms with Gasteiger partial charge in [0.1, 0.15) is 6.26 Å². The van der Waals surface area contributed by atoms with Crippen LogP contribution >= 0.6 is 11.3 Å². The summed E-state index contributed by atoms with van der Waals surface area (Å²) in [5, 5.41) is 3.20. The summed E-state index contributed by atoms with van der Waals surface area (Å²) in [5.74, 6) is 0.734. The van der Waals surface area contributed by atoms with Crippen LogP contribution in [0, 0.1) is 41.5 Å². The van der Waals surface area contributed by atoms with Crippen molar-refractivity contribution in [3.05, 3.63) is 69.3 Å². The van der Waals surface area contributed by atoms with Crippen LogP contribution in [0.3, 0.4) is 0 Å². The number of aryl methyl sites for hydroxylation is 6. The molecule has 0 aliphatic heterocycles. The van der Waals surface area contributed by atoms with Gasteiger partial charge in [0.05, 0.1) is 10.7 Å². The Morgan fingerprint density at radius 2 is 1.32 bits per heavy atom. The van der Waals surface area contributed by atoms with Crippen LogP contribution in [0.4, 0.5) is 0 Å². The summed E-state index contributed by atoms with van der Waals surface area (Å²) in [7, 11) is 0. The van der Waals surface area contributed by atoms with Crippen LogP contribution in [-0.2, 0) is 0 Å². The van der Waals surface area contributed by atoms with E-state index in [4.69, 9.17) is 4.42 Å². The molecule has 0 aliphatic carbocycles. The maximum atomic E-state index is 4.85. The third kappa shape index (κ3) is 7.74. The number of hydrogen-bond donors (Lipinski definition) is 0. The molecule has 0 spiro atoms. The van der Waals surface area contributed by atoms with Crippen LogP contribution in [-0.4, -0.2) is 9.97 Å². The fourth-order valence-corrected chi connectivity index (χ4v) is 2.17. The molecule has 0 aliphatic rings. The SMILES string of the molecule is Cc1ccc(C)cc1.Cc1coc(C)n1.Cc1csc(C)n1. The number of benzene rings is 1. The number of hydrogen-bond acceptors (Lipinski definition) is 4. The van der Waals surface area contributed by atoms with Crippen molar-refractivity contribution in [3.8, 4) is 0 Å². The van der Waals surface area contributed by atoms with E-state index in [1.165, 1.54) is 11.1 Å². The van der Waals surface area contributed by atoms with Crippen LogP contribution in [0.1, 0.15) is 33.4 Å². The average Bonchev–Trinajstić information content (AvgIpc) is 3.02. The standard InChI is InChI=1S/C8H10.C5H7NO.C5H7NS/c1-7-3-5-8(2)6-4-7;2*1-4-3-7-5(2)6-4/h3-6H,1-2H3;2*3H,1-2H3. The molecule has 3 rings (SSSR count). The van der Waals surface area contributed by atoms with E-state index in [0.717, 1.165) is 22.3 Å². The fourth-order valence-electron chi connectivity index (χ4n) is 1.58. The molecule has 0 N–H and O–H groups in total. The van der Waals surface area contributed by atoms with Crippen molar-refractivity contribution in [2.75, 3.05) is 0 Å². The van der Waals surface area contributed by atoms with E-state index in [-0.39, 0.29) is 0 Å². The summed E-state index contributed by atoms with van der Waals surface area (Å²) in [6.07, 6.45) is 1.63. The van der Waals surface area contributed by atoms with E-state index in [1.807, 2.05) is 27.7 Å². The molecule has 2 heterocycles. The minimum absolute atomic E-state index is 0.734. The van der Waals surface area contributed by atoms with E-state index in [0.29, 0.717) is 0 Å². The second kappa shape index (κ2) is 9.15. The molecule has 0 radical (unpaired) electrons. The van der Waals surface area contributed by atoms with Crippen molar-refractivity contribution in [1.82, 2.24) is 9.97 Å². The largest absolute Gasteiger partial charge is 0.449 e. The maximum Gasteiger partial charge on any atom is 0.191 e. The summed E-state index contributed by atoms with van der Waals surface area (Å²) in [6.45, 7) is 11.9. The highest BCUT2D eigenvalue weighted by atomic mass is 32.1. The minimum atomic E-state index is 0.734. The number of oxazole rings is 1. The number of nitrogens with zero attached hydrogens (tertiary/aromatic N) is 2. The number of rotatable bonds is 0. The monoisotopic (exact) mass is 316 g/mol. The topological polar surface area (TPSA) is 38.9 Å². The lowest BCUT2D eigenvalue weighted by Crippen LogP contribution is -1.70. The molecule has 0 saturated heterocycles. The molecule has 0 saturated carbocycles. The maximum absolute atomic E-state index is 4.85. The van der Waals surface area contributed by atoms with Gasteiger partial charge in [-0.3, -0.25) is 0 Å². The number of aromatic nitrogens is 2. The molecule has 1 aromatic carbocycles. The molecule has 22 heavy (non-hydrogen) atoms. The third-order valence-corrected chi connectivity index (χ3v) is 3.58. The van der Waals surface area contributed by atoms with Gasteiger partial charge in [0, 0.05) is 18.0 Å². The summed E-state index contributed by atoms with van der Waals surface area (Å²) in [5.41, 5.74) is 4.73. The summed E-state index contributed by atoms with van der Waals surface area (Å²) < 4.78 is 4.85. The Balaban J connectivity index is 0.000000166. The molecule has 0 atom stereocenters. The Hall–Kier alpha value is -1.94. The van der Waals surface area contributed by atoms with Crippen molar-refractivity contribution in [3.63, 3.8) is 0 Å². The number of thiazole rings is 1. The van der Waals surface area contributed by atoms with Gasteiger partial charge in [-0.05, 0) is 34.6 Å². The Morgan fingerprint density at radius 1 is 0.773 bits per heavy atom. The van der Waals surface area contributed by atoms with Gasteiger partial charge in [-0.25, -0.2) is 9.97 Å². The first-order valence-electron chi connectivity index (χ1n) is 7.17. The van der Waals surface area contributed by atoms with E-state index in [9.17, 15) is 0 Å². The molecule has 118 valence electrons. The van der Waals surface area contributed by atoms with E-state index in [2.05, 4.69) is 53.5 Å². The van der Waals surface area contributed by atoms with Gasteiger partial charge >= 0.3 is 0 Å². The minimum Gasteiger partial charge on any atom is -0.449 e. The molecular formula is C18H24N2OS. The lowest BCUT2D eigenvalue weighted by Gasteiger charge is -1.90. The zero-order valence-electron chi connectivity index (χ0n) is 14.2.